The SMILES string of the molecule is Cc1ccc(C2(CNc3nccc4cn(C)nc34)CCC2)nc1. The number of nitrogens with zero attached hydrogens (tertiary/aromatic N) is 4. The molecule has 0 spiro atoms. The highest BCUT2D eigenvalue weighted by Crippen LogP contribution is 2.43. The van der Waals surface area contributed by atoms with Gasteiger partial charge >= 0.3 is 0 Å². The summed E-state index contributed by atoms with van der Waals surface area (Å²) in [4.78, 5) is 9.15. The topological polar surface area (TPSA) is 55.6 Å². The van der Waals surface area contributed by atoms with E-state index in [9.17, 15) is 0 Å². The molecule has 5 heteroatoms. The average Bonchev–Trinajstić information content (AvgIpc) is 2.89. The summed E-state index contributed by atoms with van der Waals surface area (Å²) < 4.78 is 1.83. The first-order valence-electron chi connectivity index (χ1n) is 8.12. The van der Waals surface area contributed by atoms with Crippen molar-refractivity contribution in [3.05, 3.63) is 48.0 Å². The number of hydrogen-bond acceptors (Lipinski definition) is 4. The number of rotatable bonds is 4. The van der Waals surface area contributed by atoms with Gasteiger partial charge in [0, 0.05) is 48.7 Å². The lowest BCUT2D eigenvalue weighted by Crippen LogP contribution is -2.41. The van der Waals surface area contributed by atoms with Crippen molar-refractivity contribution >= 4 is 16.7 Å². The lowest BCUT2D eigenvalue weighted by molar-refractivity contribution is 0.253. The molecule has 3 heterocycles. The van der Waals surface area contributed by atoms with E-state index in [1.165, 1.54) is 30.5 Å². The molecule has 1 N–H and O–H groups in total. The van der Waals surface area contributed by atoms with Gasteiger partial charge in [-0.25, -0.2) is 4.98 Å². The van der Waals surface area contributed by atoms with E-state index in [1.54, 1.807) is 0 Å². The Morgan fingerprint density at radius 3 is 2.78 bits per heavy atom. The molecule has 118 valence electrons. The van der Waals surface area contributed by atoms with E-state index in [1.807, 2.05) is 36.4 Å². The van der Waals surface area contributed by atoms with E-state index in [-0.39, 0.29) is 5.41 Å². The molecule has 1 aliphatic carbocycles. The molecular formula is C18H21N5. The van der Waals surface area contributed by atoms with Crippen LogP contribution in [0.25, 0.3) is 10.9 Å². The highest BCUT2D eigenvalue weighted by Gasteiger charge is 2.39. The van der Waals surface area contributed by atoms with Crippen LogP contribution in [0.2, 0.25) is 0 Å². The van der Waals surface area contributed by atoms with Crippen molar-refractivity contribution in [3.63, 3.8) is 0 Å². The number of hydrogen-bond donors (Lipinski definition) is 1. The molecular weight excluding hydrogens is 286 g/mol. The third kappa shape index (κ3) is 2.46. The fourth-order valence-electron chi connectivity index (χ4n) is 3.36. The van der Waals surface area contributed by atoms with Crippen molar-refractivity contribution < 1.29 is 0 Å². The molecule has 3 aromatic heterocycles. The van der Waals surface area contributed by atoms with Crippen molar-refractivity contribution in [3.8, 4) is 0 Å². The normalized spacial score (nSPS) is 16.3. The molecule has 0 unspecified atom stereocenters. The summed E-state index contributed by atoms with van der Waals surface area (Å²) in [6.07, 6.45) is 9.43. The van der Waals surface area contributed by atoms with Crippen LogP contribution < -0.4 is 5.32 Å². The third-order valence-corrected chi connectivity index (χ3v) is 4.90. The zero-order valence-corrected chi connectivity index (χ0v) is 13.6. The molecule has 0 radical (unpaired) electrons. The smallest absolute Gasteiger partial charge is 0.154 e. The van der Waals surface area contributed by atoms with Crippen LogP contribution in [0.4, 0.5) is 5.82 Å². The predicted octanol–water partition coefficient (Wildman–Crippen LogP) is 3.21. The van der Waals surface area contributed by atoms with Gasteiger partial charge in [-0.2, -0.15) is 5.10 Å². The molecule has 5 nitrogen and oxygen atoms in total. The molecule has 0 saturated heterocycles. The lowest BCUT2D eigenvalue weighted by atomic mass is 9.66. The summed E-state index contributed by atoms with van der Waals surface area (Å²) in [5.74, 6) is 0.862. The first-order valence-corrected chi connectivity index (χ1v) is 8.12. The van der Waals surface area contributed by atoms with Gasteiger partial charge in [0.2, 0.25) is 0 Å². The summed E-state index contributed by atoms with van der Waals surface area (Å²) in [7, 11) is 1.94. The van der Waals surface area contributed by atoms with Crippen LogP contribution in [0.15, 0.2) is 36.8 Å². The van der Waals surface area contributed by atoms with Crippen molar-refractivity contribution in [2.75, 3.05) is 11.9 Å². The number of pyridine rings is 2. The summed E-state index contributed by atoms with van der Waals surface area (Å²) >= 11 is 0. The second-order valence-electron chi connectivity index (χ2n) is 6.61. The van der Waals surface area contributed by atoms with Gasteiger partial charge in [0.05, 0.1) is 0 Å². The van der Waals surface area contributed by atoms with Gasteiger partial charge in [0.1, 0.15) is 5.52 Å². The molecule has 23 heavy (non-hydrogen) atoms. The van der Waals surface area contributed by atoms with Gasteiger partial charge in [-0.3, -0.25) is 9.67 Å². The molecule has 0 atom stereocenters. The minimum atomic E-state index is 0.131. The Morgan fingerprint density at radius 1 is 1.22 bits per heavy atom. The zero-order chi connectivity index (χ0) is 15.9. The minimum absolute atomic E-state index is 0.131. The second kappa shape index (κ2) is 5.33. The van der Waals surface area contributed by atoms with Gasteiger partial charge in [-0.1, -0.05) is 12.5 Å². The Labute approximate surface area is 135 Å². The molecule has 0 amide bonds. The number of fused-ring (bicyclic) bond motifs is 1. The van der Waals surface area contributed by atoms with Crippen LogP contribution in [0.3, 0.4) is 0 Å². The van der Waals surface area contributed by atoms with Gasteiger partial charge in [0.25, 0.3) is 0 Å². The molecule has 3 aromatic rings. The van der Waals surface area contributed by atoms with Crippen molar-refractivity contribution in [1.29, 1.82) is 0 Å². The molecule has 0 bridgehead atoms. The Kier molecular flexibility index (Phi) is 3.29. The first kappa shape index (κ1) is 14.2. The Balaban J connectivity index is 1.60. The van der Waals surface area contributed by atoms with E-state index < -0.39 is 0 Å². The maximum Gasteiger partial charge on any atom is 0.154 e. The fraction of sp³-hybridized carbons (Fsp3) is 0.389. The van der Waals surface area contributed by atoms with E-state index in [0.717, 1.165) is 23.3 Å². The molecule has 4 rings (SSSR count). The monoisotopic (exact) mass is 307 g/mol. The van der Waals surface area contributed by atoms with E-state index in [4.69, 9.17) is 0 Å². The Bertz CT molecular complexity index is 830. The average molecular weight is 307 g/mol. The zero-order valence-electron chi connectivity index (χ0n) is 13.6. The molecule has 1 saturated carbocycles. The van der Waals surface area contributed by atoms with Crippen LogP contribution in [0.1, 0.15) is 30.5 Å². The van der Waals surface area contributed by atoms with Crippen LogP contribution in [0, 0.1) is 6.92 Å². The number of aromatic nitrogens is 4. The fourth-order valence-corrected chi connectivity index (χ4v) is 3.36. The van der Waals surface area contributed by atoms with Crippen molar-refractivity contribution in [1.82, 2.24) is 19.7 Å². The van der Waals surface area contributed by atoms with Gasteiger partial charge in [-0.05, 0) is 37.5 Å². The number of nitrogens with one attached hydrogen (secondary N) is 1. The van der Waals surface area contributed by atoms with Crippen LogP contribution in [0.5, 0.6) is 0 Å². The van der Waals surface area contributed by atoms with Gasteiger partial charge < -0.3 is 5.32 Å². The maximum atomic E-state index is 4.67. The largest absolute Gasteiger partial charge is 0.367 e. The summed E-state index contributed by atoms with van der Waals surface area (Å²) in [5.41, 5.74) is 3.46. The Morgan fingerprint density at radius 2 is 2.09 bits per heavy atom. The van der Waals surface area contributed by atoms with Gasteiger partial charge in [0.15, 0.2) is 5.82 Å². The van der Waals surface area contributed by atoms with Crippen LogP contribution in [-0.2, 0) is 12.5 Å². The third-order valence-electron chi connectivity index (χ3n) is 4.90. The van der Waals surface area contributed by atoms with Crippen molar-refractivity contribution in [2.24, 2.45) is 7.05 Å². The molecule has 1 fully saturated rings. The van der Waals surface area contributed by atoms with E-state index in [2.05, 4.69) is 39.4 Å². The Hall–Kier alpha value is -2.43. The molecule has 0 aromatic carbocycles. The molecule has 1 aliphatic rings. The van der Waals surface area contributed by atoms with E-state index in [0.29, 0.717) is 0 Å². The number of anilines is 1. The first-order chi connectivity index (χ1) is 11.2. The quantitative estimate of drug-likeness (QED) is 0.804. The summed E-state index contributed by atoms with van der Waals surface area (Å²) in [6, 6.07) is 6.32. The standard InChI is InChI=1S/C18H21N5/c1-13-4-5-15(20-10-13)18(7-3-8-18)12-21-17-16-14(6-9-19-17)11-23(2)22-16/h4-6,9-11H,3,7-8,12H2,1-2H3,(H,19,21). The highest BCUT2D eigenvalue weighted by molar-refractivity contribution is 5.87. The molecule has 0 aliphatic heterocycles. The van der Waals surface area contributed by atoms with Crippen LogP contribution >= 0.6 is 0 Å². The summed E-state index contributed by atoms with van der Waals surface area (Å²) in [6.45, 7) is 2.93. The maximum absolute atomic E-state index is 4.67. The predicted molar refractivity (Wildman–Crippen MR) is 91.5 cm³/mol. The summed E-state index contributed by atoms with van der Waals surface area (Å²) in [5, 5.41) is 9.16. The van der Waals surface area contributed by atoms with E-state index >= 15 is 0 Å². The van der Waals surface area contributed by atoms with Crippen molar-refractivity contribution in [2.45, 2.75) is 31.6 Å². The second-order valence-corrected chi connectivity index (χ2v) is 6.61. The van der Waals surface area contributed by atoms with Crippen LogP contribution in [-0.4, -0.2) is 26.3 Å². The minimum Gasteiger partial charge on any atom is -0.367 e. The highest BCUT2D eigenvalue weighted by atomic mass is 15.3. The number of aryl methyl sites for hydroxylation is 2. The van der Waals surface area contributed by atoms with Gasteiger partial charge in [-0.15, -0.1) is 0 Å². The lowest BCUT2D eigenvalue weighted by Gasteiger charge is -2.41.